The molecule has 3 rings (SSSR count). The first kappa shape index (κ1) is 20.9. The Morgan fingerprint density at radius 2 is 1.66 bits per heavy atom. The number of amidine groups is 1. The maximum atomic E-state index is 12.7. The summed E-state index contributed by atoms with van der Waals surface area (Å²) in [4.78, 5) is 4.80. The van der Waals surface area contributed by atoms with Crippen molar-refractivity contribution in [3.8, 4) is 11.5 Å². The van der Waals surface area contributed by atoms with Crippen LogP contribution in [0.1, 0.15) is 29.2 Å². The van der Waals surface area contributed by atoms with Gasteiger partial charge in [0.05, 0.1) is 14.2 Å². The number of rotatable bonds is 6. The van der Waals surface area contributed by atoms with Gasteiger partial charge in [-0.3, -0.25) is 9.71 Å². The SMILES string of the molecule is COc1ccc(CCN=C2NS(=O)(=O)C(c3ccc(C)c(C)c3)=C2C)cc1OC. The second-order valence-electron chi connectivity index (χ2n) is 7.03. The zero-order valence-electron chi connectivity index (χ0n) is 17.4. The average molecular weight is 415 g/mol. The van der Waals surface area contributed by atoms with Crippen LogP contribution in [0.2, 0.25) is 0 Å². The summed E-state index contributed by atoms with van der Waals surface area (Å²) in [6, 6.07) is 11.4. The predicted octanol–water partition coefficient (Wildman–Crippen LogP) is 3.63. The van der Waals surface area contributed by atoms with Crippen molar-refractivity contribution in [3.63, 3.8) is 0 Å². The summed E-state index contributed by atoms with van der Waals surface area (Å²) >= 11 is 0. The van der Waals surface area contributed by atoms with E-state index >= 15 is 0 Å². The largest absolute Gasteiger partial charge is 0.493 e. The number of methoxy groups -OCH3 is 2. The van der Waals surface area contributed by atoms with Gasteiger partial charge in [0, 0.05) is 12.1 Å². The summed E-state index contributed by atoms with van der Waals surface area (Å²) in [6.07, 6.45) is 0.651. The number of benzene rings is 2. The van der Waals surface area contributed by atoms with E-state index in [0.29, 0.717) is 46.3 Å². The maximum Gasteiger partial charge on any atom is 0.264 e. The molecular formula is C22H26N2O4S. The molecule has 0 amide bonds. The van der Waals surface area contributed by atoms with Crippen molar-refractivity contribution in [2.24, 2.45) is 4.99 Å². The maximum absolute atomic E-state index is 12.7. The van der Waals surface area contributed by atoms with Crippen molar-refractivity contribution in [2.45, 2.75) is 27.2 Å². The monoisotopic (exact) mass is 414 g/mol. The van der Waals surface area contributed by atoms with E-state index in [1.54, 1.807) is 21.1 Å². The van der Waals surface area contributed by atoms with Gasteiger partial charge in [-0.15, -0.1) is 0 Å². The minimum absolute atomic E-state index is 0.297. The number of hydrogen-bond donors (Lipinski definition) is 1. The fourth-order valence-electron chi connectivity index (χ4n) is 3.30. The summed E-state index contributed by atoms with van der Waals surface area (Å²) in [5.74, 6) is 1.73. The van der Waals surface area contributed by atoms with E-state index in [9.17, 15) is 8.42 Å². The van der Waals surface area contributed by atoms with Gasteiger partial charge < -0.3 is 9.47 Å². The summed E-state index contributed by atoms with van der Waals surface area (Å²) in [6.45, 7) is 6.22. The molecule has 0 saturated heterocycles. The number of hydrogen-bond acceptors (Lipinski definition) is 5. The topological polar surface area (TPSA) is 77.0 Å². The van der Waals surface area contributed by atoms with Crippen LogP contribution in [0.5, 0.6) is 11.5 Å². The number of ether oxygens (including phenoxy) is 2. The Labute approximate surface area is 172 Å². The van der Waals surface area contributed by atoms with Crippen molar-refractivity contribution in [1.29, 1.82) is 0 Å². The van der Waals surface area contributed by atoms with Crippen molar-refractivity contribution in [3.05, 3.63) is 64.2 Å². The van der Waals surface area contributed by atoms with Crippen LogP contribution in [0, 0.1) is 13.8 Å². The molecule has 6 nitrogen and oxygen atoms in total. The molecule has 1 aliphatic heterocycles. The van der Waals surface area contributed by atoms with E-state index in [0.717, 1.165) is 16.7 Å². The summed E-state index contributed by atoms with van der Waals surface area (Å²) < 4.78 is 38.5. The van der Waals surface area contributed by atoms with E-state index in [2.05, 4.69) is 9.71 Å². The quantitative estimate of drug-likeness (QED) is 0.783. The van der Waals surface area contributed by atoms with Crippen LogP contribution in [-0.2, 0) is 16.4 Å². The average Bonchev–Trinajstić information content (AvgIpc) is 2.92. The first-order valence-corrected chi connectivity index (χ1v) is 10.8. The van der Waals surface area contributed by atoms with Crippen LogP contribution in [0.25, 0.3) is 4.91 Å². The zero-order valence-corrected chi connectivity index (χ0v) is 18.2. The van der Waals surface area contributed by atoms with E-state index < -0.39 is 10.0 Å². The third-order valence-corrected chi connectivity index (χ3v) is 6.62. The molecule has 0 aliphatic carbocycles. The Morgan fingerprint density at radius 1 is 0.931 bits per heavy atom. The second-order valence-corrected chi connectivity index (χ2v) is 8.65. The lowest BCUT2D eigenvalue weighted by atomic mass is 10.0. The minimum atomic E-state index is -3.62. The highest BCUT2D eigenvalue weighted by Crippen LogP contribution is 2.31. The molecule has 1 N–H and O–H groups in total. The molecule has 2 aromatic carbocycles. The Morgan fingerprint density at radius 3 is 2.31 bits per heavy atom. The summed E-state index contributed by atoms with van der Waals surface area (Å²) in [5, 5.41) is 0. The minimum Gasteiger partial charge on any atom is -0.493 e. The Bertz CT molecular complexity index is 1100. The smallest absolute Gasteiger partial charge is 0.264 e. The van der Waals surface area contributed by atoms with Crippen molar-refractivity contribution < 1.29 is 17.9 Å². The van der Waals surface area contributed by atoms with Crippen molar-refractivity contribution >= 4 is 20.8 Å². The van der Waals surface area contributed by atoms with Gasteiger partial charge in [-0.25, -0.2) is 8.42 Å². The standard InChI is InChI=1S/C22H26N2O4S/c1-14-6-8-18(12-15(14)2)21-16(3)22(24-29(21,25)26)23-11-10-17-7-9-19(27-4)20(13-17)28-5/h6-9,12-13H,10-11H2,1-5H3,(H,23,24). The molecule has 1 aliphatic rings. The molecule has 0 saturated carbocycles. The molecule has 0 radical (unpaired) electrons. The summed E-state index contributed by atoms with van der Waals surface area (Å²) in [5.41, 5.74) is 4.53. The van der Waals surface area contributed by atoms with E-state index in [-0.39, 0.29) is 0 Å². The molecule has 0 spiro atoms. The lowest BCUT2D eigenvalue weighted by Crippen LogP contribution is -2.24. The van der Waals surface area contributed by atoms with Crippen LogP contribution in [-0.4, -0.2) is 35.0 Å². The molecule has 7 heteroatoms. The van der Waals surface area contributed by atoms with Gasteiger partial charge in [-0.1, -0.05) is 24.3 Å². The molecule has 0 aromatic heterocycles. The van der Waals surface area contributed by atoms with Gasteiger partial charge in [0.25, 0.3) is 10.0 Å². The molecule has 154 valence electrons. The van der Waals surface area contributed by atoms with Crippen LogP contribution in [0.3, 0.4) is 0 Å². The number of sulfonamides is 1. The highest BCUT2D eigenvalue weighted by atomic mass is 32.2. The van der Waals surface area contributed by atoms with Gasteiger partial charge in [0.15, 0.2) is 11.5 Å². The lowest BCUT2D eigenvalue weighted by Gasteiger charge is -2.09. The molecule has 0 fully saturated rings. The van der Waals surface area contributed by atoms with Gasteiger partial charge >= 0.3 is 0 Å². The van der Waals surface area contributed by atoms with E-state index in [4.69, 9.17) is 9.47 Å². The number of aliphatic imine (C=N–C) groups is 1. The van der Waals surface area contributed by atoms with Gasteiger partial charge in [0.1, 0.15) is 10.7 Å². The number of nitrogens with one attached hydrogen (secondary N) is 1. The Hall–Kier alpha value is -2.80. The van der Waals surface area contributed by atoms with Gasteiger partial charge in [-0.05, 0) is 61.6 Å². The Balaban J connectivity index is 1.83. The van der Waals surface area contributed by atoms with Gasteiger partial charge in [-0.2, -0.15) is 0 Å². The molecule has 0 atom stereocenters. The molecule has 29 heavy (non-hydrogen) atoms. The van der Waals surface area contributed by atoms with Crippen LogP contribution in [0.4, 0.5) is 0 Å². The predicted molar refractivity (Wildman–Crippen MR) is 116 cm³/mol. The van der Waals surface area contributed by atoms with Crippen LogP contribution < -0.4 is 14.2 Å². The zero-order chi connectivity index (χ0) is 21.2. The lowest BCUT2D eigenvalue weighted by molar-refractivity contribution is 0.354. The Kier molecular flexibility index (Phi) is 5.98. The highest BCUT2D eigenvalue weighted by Gasteiger charge is 2.32. The molecular weight excluding hydrogens is 388 g/mol. The number of nitrogens with zero attached hydrogens (tertiary/aromatic N) is 1. The normalized spacial score (nSPS) is 16.8. The molecule has 0 unspecified atom stereocenters. The van der Waals surface area contributed by atoms with Crippen LogP contribution >= 0.6 is 0 Å². The third kappa shape index (κ3) is 4.29. The second kappa shape index (κ2) is 8.29. The number of aryl methyl sites for hydroxylation is 2. The fourth-order valence-corrected chi connectivity index (χ4v) is 4.81. The first-order valence-electron chi connectivity index (χ1n) is 9.34. The summed E-state index contributed by atoms with van der Waals surface area (Å²) in [7, 11) is -0.430. The first-order chi connectivity index (χ1) is 13.8. The molecule has 0 bridgehead atoms. The third-order valence-electron chi connectivity index (χ3n) is 5.08. The van der Waals surface area contributed by atoms with Crippen molar-refractivity contribution in [2.75, 3.05) is 20.8 Å². The van der Waals surface area contributed by atoms with Crippen molar-refractivity contribution in [1.82, 2.24) is 4.72 Å². The van der Waals surface area contributed by atoms with Crippen LogP contribution in [0.15, 0.2) is 47.0 Å². The fraction of sp³-hybridized carbons (Fsp3) is 0.318. The highest BCUT2D eigenvalue weighted by molar-refractivity contribution is 8.00. The molecule has 2 aromatic rings. The van der Waals surface area contributed by atoms with E-state index in [1.807, 2.05) is 50.2 Å². The van der Waals surface area contributed by atoms with Gasteiger partial charge in [0.2, 0.25) is 0 Å². The van der Waals surface area contributed by atoms with E-state index in [1.165, 1.54) is 0 Å². The molecule has 1 heterocycles.